The third-order valence-electron chi connectivity index (χ3n) is 4.23. The summed E-state index contributed by atoms with van der Waals surface area (Å²) in [6.45, 7) is 0. The first-order chi connectivity index (χ1) is 11.1. The molecule has 0 saturated heterocycles. The van der Waals surface area contributed by atoms with Crippen LogP contribution in [0.5, 0.6) is 11.5 Å². The van der Waals surface area contributed by atoms with Crippen molar-refractivity contribution in [2.75, 3.05) is 14.2 Å². The Morgan fingerprint density at radius 1 is 1.17 bits per heavy atom. The number of methoxy groups -OCH3 is 2. The Kier molecular flexibility index (Phi) is 4.34. The van der Waals surface area contributed by atoms with Gasteiger partial charge in [-0.3, -0.25) is 0 Å². The lowest BCUT2D eigenvalue weighted by Crippen LogP contribution is -2.34. The topological polar surface area (TPSA) is 83.4 Å². The fraction of sp³-hybridized carbons (Fsp3) is 0.412. The Morgan fingerprint density at radius 3 is 2.65 bits per heavy atom. The van der Waals surface area contributed by atoms with Crippen LogP contribution in [0.15, 0.2) is 22.7 Å². The molecule has 1 aliphatic rings. The van der Waals surface area contributed by atoms with E-state index in [2.05, 4.69) is 10.1 Å². The molecule has 1 aliphatic carbocycles. The van der Waals surface area contributed by atoms with Crippen molar-refractivity contribution in [1.29, 1.82) is 0 Å². The number of rotatable bonds is 5. The van der Waals surface area contributed by atoms with Crippen LogP contribution >= 0.6 is 0 Å². The van der Waals surface area contributed by atoms with E-state index in [1.54, 1.807) is 20.3 Å². The van der Waals surface area contributed by atoms with Gasteiger partial charge in [0.05, 0.1) is 19.8 Å². The molecule has 0 spiro atoms. The summed E-state index contributed by atoms with van der Waals surface area (Å²) in [6, 6.07) is 5.58. The van der Waals surface area contributed by atoms with E-state index >= 15 is 0 Å². The molecule has 1 aromatic carbocycles. The maximum Gasteiger partial charge on any atom is 0.250 e. The second-order valence-corrected chi connectivity index (χ2v) is 5.76. The van der Waals surface area contributed by atoms with Crippen LogP contribution < -0.4 is 15.2 Å². The molecule has 6 nitrogen and oxygen atoms in total. The van der Waals surface area contributed by atoms with E-state index in [0.717, 1.165) is 42.7 Å². The number of ether oxygens (including phenoxy) is 2. The first kappa shape index (κ1) is 15.6. The lowest BCUT2D eigenvalue weighted by atomic mass is 9.99. The van der Waals surface area contributed by atoms with Crippen LogP contribution in [-0.4, -0.2) is 24.4 Å². The standard InChI is InChI=1S/C17H21N3O3/c1-21-13-6-7-14(22-2)12(11-13)5-8-15-19-16(20-23-15)17(18)9-3-4-10-17/h5-8,11H,3-4,9-10,18H2,1-2H3/b8-5+. The van der Waals surface area contributed by atoms with Crippen LogP contribution in [-0.2, 0) is 5.54 Å². The van der Waals surface area contributed by atoms with E-state index in [4.69, 9.17) is 19.7 Å². The SMILES string of the molecule is COc1ccc(OC)c(/C=C/c2nc(C3(N)CCCC3)no2)c1. The monoisotopic (exact) mass is 315 g/mol. The maximum absolute atomic E-state index is 6.34. The molecular formula is C17H21N3O3. The van der Waals surface area contributed by atoms with Crippen molar-refractivity contribution in [2.24, 2.45) is 5.73 Å². The van der Waals surface area contributed by atoms with Gasteiger partial charge in [0.2, 0.25) is 0 Å². The maximum atomic E-state index is 6.34. The van der Waals surface area contributed by atoms with Crippen LogP contribution in [0.1, 0.15) is 43.0 Å². The molecule has 0 bridgehead atoms. The molecule has 23 heavy (non-hydrogen) atoms. The zero-order valence-corrected chi connectivity index (χ0v) is 13.4. The molecule has 1 heterocycles. The van der Waals surface area contributed by atoms with E-state index in [-0.39, 0.29) is 0 Å². The van der Waals surface area contributed by atoms with Crippen LogP contribution in [0.2, 0.25) is 0 Å². The molecule has 1 fully saturated rings. The first-order valence-corrected chi connectivity index (χ1v) is 7.68. The molecule has 1 saturated carbocycles. The van der Waals surface area contributed by atoms with E-state index in [1.807, 2.05) is 24.3 Å². The molecular weight excluding hydrogens is 294 g/mol. The van der Waals surface area contributed by atoms with Gasteiger partial charge in [0.15, 0.2) is 5.82 Å². The Bertz CT molecular complexity index is 703. The average molecular weight is 315 g/mol. The van der Waals surface area contributed by atoms with Gasteiger partial charge in [0.1, 0.15) is 11.5 Å². The molecule has 122 valence electrons. The van der Waals surface area contributed by atoms with Gasteiger partial charge >= 0.3 is 0 Å². The van der Waals surface area contributed by atoms with Gasteiger partial charge in [0, 0.05) is 11.6 Å². The normalized spacial score (nSPS) is 16.8. The molecule has 0 amide bonds. The van der Waals surface area contributed by atoms with Gasteiger partial charge in [-0.2, -0.15) is 4.98 Å². The zero-order chi connectivity index (χ0) is 16.3. The fourth-order valence-corrected chi connectivity index (χ4v) is 2.87. The van der Waals surface area contributed by atoms with Gasteiger partial charge in [0.25, 0.3) is 5.89 Å². The van der Waals surface area contributed by atoms with Crippen molar-refractivity contribution in [3.05, 3.63) is 35.5 Å². The molecule has 1 aromatic heterocycles. The highest BCUT2D eigenvalue weighted by Crippen LogP contribution is 2.34. The Morgan fingerprint density at radius 2 is 1.96 bits per heavy atom. The summed E-state index contributed by atoms with van der Waals surface area (Å²) in [7, 11) is 3.25. The van der Waals surface area contributed by atoms with Gasteiger partial charge in [-0.15, -0.1) is 0 Å². The van der Waals surface area contributed by atoms with E-state index in [1.165, 1.54) is 0 Å². The summed E-state index contributed by atoms with van der Waals surface area (Å²) >= 11 is 0. The summed E-state index contributed by atoms with van der Waals surface area (Å²) in [4.78, 5) is 4.42. The van der Waals surface area contributed by atoms with Gasteiger partial charge in [-0.05, 0) is 37.1 Å². The Hall–Kier alpha value is -2.34. The van der Waals surface area contributed by atoms with Crippen molar-refractivity contribution in [3.8, 4) is 11.5 Å². The lowest BCUT2D eigenvalue weighted by Gasteiger charge is -2.17. The second kappa shape index (κ2) is 6.42. The molecule has 6 heteroatoms. The molecule has 0 atom stereocenters. The highest BCUT2D eigenvalue weighted by molar-refractivity contribution is 5.70. The summed E-state index contributed by atoms with van der Waals surface area (Å²) in [5, 5.41) is 4.04. The predicted octanol–water partition coefficient (Wildman–Crippen LogP) is 2.99. The molecule has 0 aliphatic heterocycles. The second-order valence-electron chi connectivity index (χ2n) is 5.76. The van der Waals surface area contributed by atoms with Gasteiger partial charge in [-0.25, -0.2) is 0 Å². The third kappa shape index (κ3) is 3.22. The zero-order valence-electron chi connectivity index (χ0n) is 13.4. The number of benzene rings is 1. The predicted molar refractivity (Wildman–Crippen MR) is 87.1 cm³/mol. The highest BCUT2D eigenvalue weighted by atomic mass is 16.5. The van der Waals surface area contributed by atoms with Crippen LogP contribution in [0.4, 0.5) is 0 Å². The third-order valence-corrected chi connectivity index (χ3v) is 4.23. The van der Waals surface area contributed by atoms with Gasteiger partial charge < -0.3 is 19.7 Å². The molecule has 2 N–H and O–H groups in total. The number of nitrogens with zero attached hydrogens (tertiary/aromatic N) is 2. The van der Waals surface area contributed by atoms with E-state index in [9.17, 15) is 0 Å². The molecule has 0 unspecified atom stereocenters. The minimum absolute atomic E-state index is 0.432. The minimum Gasteiger partial charge on any atom is -0.497 e. The number of hydrogen-bond donors (Lipinski definition) is 1. The van der Waals surface area contributed by atoms with Crippen LogP contribution in [0.25, 0.3) is 12.2 Å². The largest absolute Gasteiger partial charge is 0.497 e. The lowest BCUT2D eigenvalue weighted by molar-refractivity contribution is 0.364. The number of nitrogens with two attached hydrogens (primary N) is 1. The first-order valence-electron chi connectivity index (χ1n) is 7.68. The molecule has 0 radical (unpaired) electrons. The summed E-state index contributed by atoms with van der Waals surface area (Å²) in [5.74, 6) is 2.52. The highest BCUT2D eigenvalue weighted by Gasteiger charge is 2.35. The van der Waals surface area contributed by atoms with Crippen molar-refractivity contribution in [2.45, 2.75) is 31.2 Å². The Balaban J connectivity index is 1.82. The average Bonchev–Trinajstić information content (AvgIpc) is 3.22. The van der Waals surface area contributed by atoms with Crippen molar-refractivity contribution in [1.82, 2.24) is 10.1 Å². The minimum atomic E-state index is -0.441. The Labute approximate surface area is 135 Å². The molecule has 2 aromatic rings. The van der Waals surface area contributed by atoms with E-state index in [0.29, 0.717) is 11.7 Å². The fourth-order valence-electron chi connectivity index (χ4n) is 2.87. The summed E-state index contributed by atoms with van der Waals surface area (Å²) < 4.78 is 15.9. The molecule has 3 rings (SSSR count). The number of aromatic nitrogens is 2. The quantitative estimate of drug-likeness (QED) is 0.913. The van der Waals surface area contributed by atoms with Crippen molar-refractivity contribution >= 4 is 12.2 Å². The van der Waals surface area contributed by atoms with Crippen LogP contribution in [0.3, 0.4) is 0 Å². The number of hydrogen-bond acceptors (Lipinski definition) is 6. The summed E-state index contributed by atoms with van der Waals surface area (Å²) in [5.41, 5.74) is 6.77. The van der Waals surface area contributed by atoms with Crippen molar-refractivity contribution < 1.29 is 14.0 Å². The van der Waals surface area contributed by atoms with Crippen LogP contribution in [0, 0.1) is 0 Å². The van der Waals surface area contributed by atoms with Gasteiger partial charge in [-0.1, -0.05) is 18.0 Å². The van der Waals surface area contributed by atoms with Crippen molar-refractivity contribution in [3.63, 3.8) is 0 Å². The smallest absolute Gasteiger partial charge is 0.250 e. The van der Waals surface area contributed by atoms with E-state index < -0.39 is 5.54 Å². The summed E-state index contributed by atoms with van der Waals surface area (Å²) in [6.07, 6.45) is 7.63.